The first-order chi connectivity index (χ1) is 9.83. The van der Waals surface area contributed by atoms with Crippen LogP contribution in [0, 0.1) is 6.92 Å². The van der Waals surface area contributed by atoms with Crippen LogP contribution >= 0.6 is 0 Å². The predicted molar refractivity (Wildman–Crippen MR) is 79.6 cm³/mol. The lowest BCUT2D eigenvalue weighted by atomic mass is 10.2. The van der Waals surface area contributed by atoms with Crippen molar-refractivity contribution >= 4 is 5.82 Å². The molecular formula is C15H21N5. The molecule has 0 saturated carbocycles. The molecule has 1 aliphatic heterocycles. The summed E-state index contributed by atoms with van der Waals surface area (Å²) in [6.45, 7) is 5.95. The van der Waals surface area contributed by atoms with E-state index >= 15 is 0 Å². The van der Waals surface area contributed by atoms with Crippen molar-refractivity contribution in [1.82, 2.24) is 20.5 Å². The summed E-state index contributed by atoms with van der Waals surface area (Å²) in [6.07, 6.45) is 4.33. The maximum atomic E-state index is 4.74. The van der Waals surface area contributed by atoms with Gasteiger partial charge in [0.1, 0.15) is 5.82 Å². The van der Waals surface area contributed by atoms with Gasteiger partial charge in [0, 0.05) is 49.3 Å². The molecule has 2 aromatic heterocycles. The molecule has 0 aliphatic carbocycles. The van der Waals surface area contributed by atoms with Crippen LogP contribution in [0.3, 0.4) is 0 Å². The molecule has 0 spiro atoms. The van der Waals surface area contributed by atoms with Gasteiger partial charge in [-0.25, -0.2) is 4.98 Å². The molecule has 5 nitrogen and oxygen atoms in total. The zero-order chi connectivity index (χ0) is 13.8. The fraction of sp³-hybridized carbons (Fsp3) is 0.467. The molecule has 0 atom stereocenters. The quantitative estimate of drug-likeness (QED) is 0.873. The molecule has 1 aliphatic rings. The highest BCUT2D eigenvalue weighted by atomic mass is 15.2. The maximum absolute atomic E-state index is 4.74. The highest BCUT2D eigenvalue weighted by Gasteiger charge is 2.17. The lowest BCUT2D eigenvalue weighted by Crippen LogP contribution is -2.23. The normalized spacial score (nSPS) is 14.9. The lowest BCUT2D eigenvalue weighted by molar-refractivity contribution is 0.673. The van der Waals surface area contributed by atoms with Crippen molar-refractivity contribution in [2.24, 2.45) is 0 Å². The van der Waals surface area contributed by atoms with Crippen LogP contribution in [0.15, 0.2) is 24.4 Å². The minimum absolute atomic E-state index is 0.799. The van der Waals surface area contributed by atoms with Gasteiger partial charge in [0.15, 0.2) is 0 Å². The van der Waals surface area contributed by atoms with Crippen LogP contribution in [-0.2, 0) is 13.1 Å². The molecule has 20 heavy (non-hydrogen) atoms. The Kier molecular flexibility index (Phi) is 3.97. The first-order valence-corrected chi connectivity index (χ1v) is 7.23. The van der Waals surface area contributed by atoms with Gasteiger partial charge in [-0.05, 0) is 31.9 Å². The van der Waals surface area contributed by atoms with Crippen molar-refractivity contribution in [3.05, 3.63) is 41.3 Å². The van der Waals surface area contributed by atoms with Gasteiger partial charge >= 0.3 is 0 Å². The van der Waals surface area contributed by atoms with Crippen molar-refractivity contribution < 1.29 is 0 Å². The Labute approximate surface area is 119 Å². The van der Waals surface area contributed by atoms with Gasteiger partial charge in [-0.15, -0.1) is 0 Å². The van der Waals surface area contributed by atoms with Gasteiger partial charge in [-0.2, -0.15) is 5.10 Å². The van der Waals surface area contributed by atoms with E-state index in [0.29, 0.717) is 0 Å². The van der Waals surface area contributed by atoms with Crippen molar-refractivity contribution in [3.8, 4) is 0 Å². The Balaban J connectivity index is 1.68. The van der Waals surface area contributed by atoms with E-state index < -0.39 is 0 Å². The Hall–Kier alpha value is -1.88. The maximum Gasteiger partial charge on any atom is 0.133 e. The molecule has 0 aromatic carbocycles. The number of rotatable bonds is 5. The predicted octanol–water partition coefficient (Wildman–Crippen LogP) is 2.00. The molecule has 2 aromatic rings. The molecular weight excluding hydrogens is 250 g/mol. The molecule has 1 saturated heterocycles. The molecule has 0 bridgehead atoms. The van der Waals surface area contributed by atoms with E-state index in [2.05, 4.69) is 39.5 Å². The van der Waals surface area contributed by atoms with Crippen LogP contribution in [0.25, 0.3) is 0 Å². The summed E-state index contributed by atoms with van der Waals surface area (Å²) in [7, 11) is 0. The zero-order valence-electron chi connectivity index (χ0n) is 11.9. The molecule has 106 valence electrons. The second-order valence-electron chi connectivity index (χ2n) is 5.31. The third-order valence-corrected chi connectivity index (χ3v) is 3.69. The van der Waals surface area contributed by atoms with Crippen molar-refractivity contribution in [1.29, 1.82) is 0 Å². The number of nitrogens with one attached hydrogen (secondary N) is 2. The number of aromatic amines is 1. The average Bonchev–Trinajstić information content (AvgIpc) is 3.12. The second-order valence-corrected chi connectivity index (χ2v) is 5.31. The molecule has 1 fully saturated rings. The van der Waals surface area contributed by atoms with E-state index in [1.165, 1.54) is 18.4 Å². The summed E-state index contributed by atoms with van der Waals surface area (Å²) in [5.74, 6) is 1.15. The standard InChI is InChI=1S/C15H21N5/c1-12-4-5-13(10-16-11-14-6-7-17-19-14)15(18-12)20-8-2-3-9-20/h4-7,16H,2-3,8-11H2,1H3,(H,17,19). The Morgan fingerprint density at radius 1 is 1.20 bits per heavy atom. The number of nitrogens with zero attached hydrogens (tertiary/aromatic N) is 3. The molecule has 0 unspecified atom stereocenters. The SMILES string of the molecule is Cc1ccc(CNCc2ccn[nH]2)c(N2CCCC2)n1. The average molecular weight is 271 g/mol. The van der Waals surface area contributed by atoms with Crippen LogP contribution in [-0.4, -0.2) is 28.3 Å². The highest BCUT2D eigenvalue weighted by Crippen LogP contribution is 2.22. The van der Waals surface area contributed by atoms with E-state index in [0.717, 1.165) is 43.4 Å². The minimum atomic E-state index is 0.799. The zero-order valence-corrected chi connectivity index (χ0v) is 11.9. The molecule has 3 rings (SSSR count). The van der Waals surface area contributed by atoms with Gasteiger partial charge in [-0.3, -0.25) is 5.10 Å². The number of pyridine rings is 1. The summed E-state index contributed by atoms with van der Waals surface area (Å²) in [5.41, 5.74) is 3.47. The smallest absolute Gasteiger partial charge is 0.133 e. The van der Waals surface area contributed by atoms with E-state index in [9.17, 15) is 0 Å². The fourth-order valence-electron chi connectivity index (χ4n) is 2.63. The van der Waals surface area contributed by atoms with Gasteiger partial charge in [0.25, 0.3) is 0 Å². The van der Waals surface area contributed by atoms with Crippen molar-refractivity contribution in [2.45, 2.75) is 32.9 Å². The fourth-order valence-corrected chi connectivity index (χ4v) is 2.63. The van der Waals surface area contributed by atoms with Crippen molar-refractivity contribution in [2.75, 3.05) is 18.0 Å². The summed E-state index contributed by atoms with van der Waals surface area (Å²) in [6, 6.07) is 6.27. The Bertz CT molecular complexity index is 543. The molecule has 0 amide bonds. The van der Waals surface area contributed by atoms with Crippen LogP contribution in [0.1, 0.15) is 29.8 Å². The topological polar surface area (TPSA) is 56.8 Å². The Morgan fingerprint density at radius 2 is 2.05 bits per heavy atom. The first kappa shape index (κ1) is 13.1. The van der Waals surface area contributed by atoms with Crippen molar-refractivity contribution in [3.63, 3.8) is 0 Å². The van der Waals surface area contributed by atoms with Gasteiger partial charge < -0.3 is 10.2 Å². The van der Waals surface area contributed by atoms with Gasteiger partial charge in [0.05, 0.1) is 0 Å². The summed E-state index contributed by atoms with van der Waals surface area (Å²) in [4.78, 5) is 7.14. The highest BCUT2D eigenvalue weighted by molar-refractivity contribution is 5.48. The number of hydrogen-bond donors (Lipinski definition) is 2. The monoisotopic (exact) mass is 271 g/mol. The number of anilines is 1. The molecule has 2 N–H and O–H groups in total. The molecule has 0 radical (unpaired) electrons. The number of aryl methyl sites for hydroxylation is 1. The van der Waals surface area contributed by atoms with Crippen LogP contribution in [0.4, 0.5) is 5.82 Å². The minimum Gasteiger partial charge on any atom is -0.356 e. The van der Waals surface area contributed by atoms with Crippen LogP contribution in [0.5, 0.6) is 0 Å². The Morgan fingerprint density at radius 3 is 2.80 bits per heavy atom. The number of aromatic nitrogens is 3. The first-order valence-electron chi connectivity index (χ1n) is 7.23. The van der Waals surface area contributed by atoms with E-state index in [-0.39, 0.29) is 0 Å². The van der Waals surface area contributed by atoms with Gasteiger partial charge in [-0.1, -0.05) is 6.07 Å². The third-order valence-electron chi connectivity index (χ3n) is 3.69. The number of hydrogen-bond acceptors (Lipinski definition) is 4. The van der Waals surface area contributed by atoms with Gasteiger partial charge in [0.2, 0.25) is 0 Å². The van der Waals surface area contributed by atoms with E-state index in [4.69, 9.17) is 4.98 Å². The van der Waals surface area contributed by atoms with E-state index in [1.807, 2.05) is 6.07 Å². The van der Waals surface area contributed by atoms with Crippen LogP contribution in [0.2, 0.25) is 0 Å². The molecule has 3 heterocycles. The second kappa shape index (κ2) is 6.05. The lowest BCUT2D eigenvalue weighted by Gasteiger charge is -2.20. The largest absolute Gasteiger partial charge is 0.356 e. The van der Waals surface area contributed by atoms with Crippen LogP contribution < -0.4 is 10.2 Å². The third kappa shape index (κ3) is 2.99. The summed E-state index contributed by atoms with van der Waals surface area (Å²) in [5, 5.41) is 10.4. The molecule has 5 heteroatoms. The number of H-pyrrole nitrogens is 1. The summed E-state index contributed by atoms with van der Waals surface area (Å²) >= 11 is 0. The summed E-state index contributed by atoms with van der Waals surface area (Å²) < 4.78 is 0. The van der Waals surface area contributed by atoms with E-state index in [1.54, 1.807) is 6.20 Å².